The highest BCUT2D eigenvalue weighted by atomic mass is 19.3. The fraction of sp³-hybridized carbons (Fsp3) is 0.278. The summed E-state index contributed by atoms with van der Waals surface area (Å²) in [7, 11) is 0. The van der Waals surface area contributed by atoms with Crippen LogP contribution in [0.2, 0.25) is 0 Å². The largest absolute Gasteiger partial charge is 0.309 e. The fourth-order valence-corrected chi connectivity index (χ4v) is 1.86. The number of hydrogen-bond donors (Lipinski definition) is 1. The van der Waals surface area contributed by atoms with Crippen molar-refractivity contribution < 1.29 is 8.78 Å². The van der Waals surface area contributed by atoms with Gasteiger partial charge in [-0.15, -0.1) is 0 Å². The summed E-state index contributed by atoms with van der Waals surface area (Å²) in [5.74, 6) is -3.10. The normalized spacial score (nSPS) is 13.9. The Bertz CT molecular complexity index is 693. The van der Waals surface area contributed by atoms with E-state index in [0.717, 1.165) is 24.3 Å². The summed E-state index contributed by atoms with van der Waals surface area (Å²) >= 11 is 0. The Morgan fingerprint density at radius 1 is 1.26 bits per heavy atom. The standard InChI is InChI=1S/C18H21F2N3/c1-12-6-7-15(10-13(12)2)23-17(18(4,19)20)11-14(3)16(22-5)8-9-21/h6-11,21H,5H2,1-4H3/b14-11-,16-8-,21-9?,23-17+. The van der Waals surface area contributed by atoms with Crippen molar-refractivity contribution in [1.29, 1.82) is 5.41 Å². The van der Waals surface area contributed by atoms with Crippen molar-refractivity contribution in [2.24, 2.45) is 9.98 Å². The van der Waals surface area contributed by atoms with Crippen LogP contribution in [0.1, 0.15) is 25.0 Å². The van der Waals surface area contributed by atoms with E-state index < -0.39 is 5.92 Å². The summed E-state index contributed by atoms with van der Waals surface area (Å²) in [6.45, 7) is 9.68. The van der Waals surface area contributed by atoms with Gasteiger partial charge in [-0.1, -0.05) is 6.07 Å². The van der Waals surface area contributed by atoms with E-state index in [1.165, 1.54) is 12.2 Å². The zero-order chi connectivity index (χ0) is 17.6. The minimum Gasteiger partial charge on any atom is -0.309 e. The Kier molecular flexibility index (Phi) is 6.25. The monoisotopic (exact) mass is 317 g/mol. The predicted octanol–water partition coefficient (Wildman–Crippen LogP) is 5.21. The molecule has 0 unspecified atom stereocenters. The molecule has 0 bridgehead atoms. The third kappa shape index (κ3) is 5.36. The Hall–Kier alpha value is -2.43. The highest BCUT2D eigenvalue weighted by Gasteiger charge is 2.28. The van der Waals surface area contributed by atoms with E-state index in [4.69, 9.17) is 5.41 Å². The van der Waals surface area contributed by atoms with Gasteiger partial charge in [0.25, 0.3) is 5.92 Å². The number of alkyl halides is 2. The zero-order valence-corrected chi connectivity index (χ0v) is 13.8. The van der Waals surface area contributed by atoms with E-state index in [-0.39, 0.29) is 5.71 Å². The third-order valence-electron chi connectivity index (χ3n) is 3.36. The molecular formula is C18H21F2N3. The molecule has 0 spiro atoms. The second-order valence-corrected chi connectivity index (χ2v) is 5.36. The molecule has 0 heterocycles. The molecule has 1 aromatic carbocycles. The number of hydrogen-bond acceptors (Lipinski definition) is 3. The lowest BCUT2D eigenvalue weighted by atomic mass is 10.1. The van der Waals surface area contributed by atoms with Crippen molar-refractivity contribution in [1.82, 2.24) is 0 Å². The number of nitrogens with zero attached hydrogens (tertiary/aromatic N) is 2. The number of benzene rings is 1. The first-order valence-electron chi connectivity index (χ1n) is 7.09. The molecule has 3 nitrogen and oxygen atoms in total. The first kappa shape index (κ1) is 18.6. The summed E-state index contributed by atoms with van der Waals surface area (Å²) in [5.41, 5.74) is 3.00. The molecule has 5 heteroatoms. The molecule has 0 aliphatic heterocycles. The molecule has 1 N–H and O–H groups in total. The van der Waals surface area contributed by atoms with Crippen LogP contribution in [0.4, 0.5) is 14.5 Å². The number of halogens is 2. The van der Waals surface area contributed by atoms with Gasteiger partial charge in [0.2, 0.25) is 0 Å². The number of rotatable bonds is 6. The Labute approximate surface area is 135 Å². The van der Waals surface area contributed by atoms with Crippen molar-refractivity contribution in [3.8, 4) is 0 Å². The average Bonchev–Trinajstić information content (AvgIpc) is 2.46. The molecule has 1 aromatic rings. The molecule has 0 amide bonds. The lowest BCUT2D eigenvalue weighted by Crippen LogP contribution is -2.22. The maximum atomic E-state index is 13.9. The van der Waals surface area contributed by atoms with Crippen molar-refractivity contribution in [2.45, 2.75) is 33.6 Å². The number of aryl methyl sites for hydroxylation is 2. The van der Waals surface area contributed by atoms with Crippen LogP contribution < -0.4 is 0 Å². The summed E-state index contributed by atoms with van der Waals surface area (Å²) in [6, 6.07) is 5.32. The molecule has 0 aliphatic rings. The summed E-state index contributed by atoms with van der Waals surface area (Å²) in [5, 5.41) is 7.06. The van der Waals surface area contributed by atoms with Gasteiger partial charge in [0.15, 0.2) is 0 Å². The molecule has 0 fully saturated rings. The Morgan fingerprint density at radius 2 is 1.91 bits per heavy atom. The maximum absolute atomic E-state index is 13.9. The van der Waals surface area contributed by atoms with Crippen LogP contribution in [0.25, 0.3) is 0 Å². The van der Waals surface area contributed by atoms with Crippen LogP contribution in [0.3, 0.4) is 0 Å². The Balaban J connectivity index is 3.38. The van der Waals surface area contributed by atoms with Crippen LogP contribution in [0.5, 0.6) is 0 Å². The molecule has 0 aliphatic carbocycles. The average molecular weight is 317 g/mol. The maximum Gasteiger partial charge on any atom is 0.287 e. The molecule has 0 atom stereocenters. The summed E-state index contributed by atoms with van der Waals surface area (Å²) < 4.78 is 27.8. The number of nitrogens with one attached hydrogen (secondary N) is 1. The molecule has 1 rings (SSSR count). The molecular weight excluding hydrogens is 296 g/mol. The number of aliphatic imine (C=N–C) groups is 2. The van der Waals surface area contributed by atoms with E-state index in [9.17, 15) is 8.78 Å². The van der Waals surface area contributed by atoms with Gasteiger partial charge in [0.05, 0.1) is 11.4 Å². The van der Waals surface area contributed by atoms with Crippen LogP contribution >= 0.6 is 0 Å². The predicted molar refractivity (Wildman–Crippen MR) is 93.8 cm³/mol. The van der Waals surface area contributed by atoms with Gasteiger partial charge in [-0.25, -0.2) is 4.99 Å². The zero-order valence-electron chi connectivity index (χ0n) is 13.8. The van der Waals surface area contributed by atoms with E-state index >= 15 is 0 Å². The van der Waals surface area contributed by atoms with Gasteiger partial charge in [-0.05, 0) is 68.5 Å². The second kappa shape index (κ2) is 7.72. The SMILES string of the molecule is C=NC(=C\C=N)/C(C)=C\C(=N/c1ccc(C)c(C)c1)C(C)(F)F. The lowest BCUT2D eigenvalue weighted by molar-refractivity contribution is 0.102. The third-order valence-corrected chi connectivity index (χ3v) is 3.36. The van der Waals surface area contributed by atoms with Gasteiger partial charge in [0.1, 0.15) is 5.71 Å². The first-order chi connectivity index (χ1) is 10.7. The number of allylic oxidation sites excluding steroid dienone is 3. The van der Waals surface area contributed by atoms with E-state index in [2.05, 4.69) is 16.7 Å². The minimum absolute atomic E-state index is 0.358. The fourth-order valence-electron chi connectivity index (χ4n) is 1.86. The van der Waals surface area contributed by atoms with Gasteiger partial charge in [-0.3, -0.25) is 4.99 Å². The van der Waals surface area contributed by atoms with Crippen molar-refractivity contribution in [3.05, 3.63) is 52.7 Å². The van der Waals surface area contributed by atoms with Crippen molar-refractivity contribution >= 4 is 24.3 Å². The quantitative estimate of drug-likeness (QED) is 0.553. The van der Waals surface area contributed by atoms with Crippen LogP contribution in [-0.2, 0) is 0 Å². The molecule has 0 saturated heterocycles. The van der Waals surface area contributed by atoms with Crippen LogP contribution in [-0.4, -0.2) is 24.6 Å². The molecule has 0 aromatic heterocycles. The second-order valence-electron chi connectivity index (χ2n) is 5.36. The van der Waals surface area contributed by atoms with Crippen LogP contribution in [0, 0.1) is 19.3 Å². The van der Waals surface area contributed by atoms with Gasteiger partial charge in [-0.2, -0.15) is 8.78 Å². The molecule has 122 valence electrons. The topological polar surface area (TPSA) is 48.6 Å². The summed E-state index contributed by atoms with van der Waals surface area (Å²) in [4.78, 5) is 7.83. The first-order valence-corrected chi connectivity index (χ1v) is 7.09. The molecule has 0 radical (unpaired) electrons. The highest BCUT2D eigenvalue weighted by Crippen LogP contribution is 2.24. The van der Waals surface area contributed by atoms with Crippen molar-refractivity contribution in [2.75, 3.05) is 0 Å². The summed E-state index contributed by atoms with van der Waals surface area (Å²) in [6.07, 6.45) is 3.70. The van der Waals surface area contributed by atoms with E-state index in [1.807, 2.05) is 19.9 Å². The van der Waals surface area contributed by atoms with E-state index in [1.54, 1.807) is 19.1 Å². The Morgan fingerprint density at radius 3 is 2.39 bits per heavy atom. The van der Waals surface area contributed by atoms with Crippen LogP contribution in [0.15, 0.2) is 51.6 Å². The lowest BCUT2D eigenvalue weighted by Gasteiger charge is -2.13. The van der Waals surface area contributed by atoms with Gasteiger partial charge in [0, 0.05) is 13.1 Å². The minimum atomic E-state index is -3.10. The molecule has 23 heavy (non-hydrogen) atoms. The van der Waals surface area contributed by atoms with E-state index in [0.29, 0.717) is 17.0 Å². The van der Waals surface area contributed by atoms with Gasteiger partial charge >= 0.3 is 0 Å². The molecule has 0 saturated carbocycles. The van der Waals surface area contributed by atoms with Crippen molar-refractivity contribution in [3.63, 3.8) is 0 Å². The van der Waals surface area contributed by atoms with Gasteiger partial charge < -0.3 is 5.41 Å². The highest BCUT2D eigenvalue weighted by molar-refractivity contribution is 6.02. The smallest absolute Gasteiger partial charge is 0.287 e.